The predicted molar refractivity (Wildman–Crippen MR) is 74.0 cm³/mol. The molecule has 100 valence electrons. The van der Waals surface area contributed by atoms with Gasteiger partial charge in [0.1, 0.15) is 0 Å². The van der Waals surface area contributed by atoms with Crippen LogP contribution in [0.4, 0.5) is 0 Å². The Kier molecular flexibility index (Phi) is 5.30. The van der Waals surface area contributed by atoms with Gasteiger partial charge in [-0.15, -0.1) is 0 Å². The number of piperidine rings is 1. The highest BCUT2D eigenvalue weighted by Crippen LogP contribution is 2.35. The molecule has 1 saturated carbocycles. The Labute approximate surface area is 107 Å². The van der Waals surface area contributed by atoms with Crippen molar-refractivity contribution in [3.8, 4) is 0 Å². The van der Waals surface area contributed by atoms with Gasteiger partial charge in [0.25, 0.3) is 0 Å². The van der Waals surface area contributed by atoms with Gasteiger partial charge in [-0.2, -0.15) is 0 Å². The summed E-state index contributed by atoms with van der Waals surface area (Å²) in [6.45, 7) is 5.81. The Hall–Kier alpha value is -0.0800. The molecule has 0 bridgehead atoms. The van der Waals surface area contributed by atoms with E-state index in [1.54, 1.807) is 0 Å². The van der Waals surface area contributed by atoms with Crippen LogP contribution in [0.15, 0.2) is 0 Å². The third kappa shape index (κ3) is 3.69. The second-order valence-electron chi connectivity index (χ2n) is 6.27. The molecule has 0 amide bonds. The van der Waals surface area contributed by atoms with E-state index in [0.717, 1.165) is 18.5 Å². The standard InChI is InChI=1S/C15H30N2/c1-13(12-16)6-4-10-17-11-5-8-14-7-2-3-9-15(14)17/h13-15H,2-12,16H2,1H3/t13?,14-,15-/m1/s1. The maximum atomic E-state index is 5.68. The monoisotopic (exact) mass is 238 g/mol. The van der Waals surface area contributed by atoms with Gasteiger partial charge in [-0.25, -0.2) is 0 Å². The number of nitrogens with zero attached hydrogens (tertiary/aromatic N) is 1. The van der Waals surface area contributed by atoms with Crippen LogP contribution in [0.2, 0.25) is 0 Å². The van der Waals surface area contributed by atoms with Gasteiger partial charge in [0.15, 0.2) is 0 Å². The van der Waals surface area contributed by atoms with Crippen LogP contribution >= 0.6 is 0 Å². The first-order chi connectivity index (χ1) is 8.31. The zero-order valence-corrected chi connectivity index (χ0v) is 11.5. The van der Waals surface area contributed by atoms with E-state index in [-0.39, 0.29) is 0 Å². The average Bonchev–Trinajstić information content (AvgIpc) is 2.39. The van der Waals surface area contributed by atoms with E-state index in [1.807, 2.05) is 0 Å². The summed E-state index contributed by atoms with van der Waals surface area (Å²) in [5.41, 5.74) is 5.68. The minimum absolute atomic E-state index is 0.710. The van der Waals surface area contributed by atoms with Gasteiger partial charge < -0.3 is 10.6 Å². The predicted octanol–water partition coefficient (Wildman–Crippen LogP) is 3.02. The fourth-order valence-corrected chi connectivity index (χ4v) is 3.77. The van der Waals surface area contributed by atoms with E-state index in [1.165, 1.54) is 64.5 Å². The van der Waals surface area contributed by atoms with Crippen LogP contribution in [0.5, 0.6) is 0 Å². The lowest BCUT2D eigenvalue weighted by atomic mass is 9.78. The highest BCUT2D eigenvalue weighted by molar-refractivity contribution is 4.87. The van der Waals surface area contributed by atoms with Gasteiger partial charge in [0.05, 0.1) is 0 Å². The van der Waals surface area contributed by atoms with E-state index < -0.39 is 0 Å². The van der Waals surface area contributed by atoms with Gasteiger partial charge in [0.2, 0.25) is 0 Å². The minimum atomic E-state index is 0.710. The third-order valence-corrected chi connectivity index (χ3v) is 4.90. The molecule has 2 aliphatic rings. The molecule has 1 aliphatic carbocycles. The molecule has 0 spiro atoms. The van der Waals surface area contributed by atoms with Crippen LogP contribution < -0.4 is 5.73 Å². The summed E-state index contributed by atoms with van der Waals surface area (Å²) in [4.78, 5) is 2.80. The van der Waals surface area contributed by atoms with Gasteiger partial charge in [-0.3, -0.25) is 0 Å². The van der Waals surface area contributed by atoms with Crippen LogP contribution in [0.1, 0.15) is 58.3 Å². The van der Waals surface area contributed by atoms with Crippen molar-refractivity contribution >= 4 is 0 Å². The fraction of sp³-hybridized carbons (Fsp3) is 1.00. The van der Waals surface area contributed by atoms with E-state index in [4.69, 9.17) is 5.73 Å². The van der Waals surface area contributed by atoms with Gasteiger partial charge in [-0.1, -0.05) is 19.8 Å². The van der Waals surface area contributed by atoms with Crippen LogP contribution in [0.3, 0.4) is 0 Å². The first-order valence-corrected chi connectivity index (χ1v) is 7.75. The van der Waals surface area contributed by atoms with Gasteiger partial charge >= 0.3 is 0 Å². The molecule has 2 N–H and O–H groups in total. The molecule has 1 saturated heterocycles. The number of nitrogens with two attached hydrogens (primary N) is 1. The molecule has 3 atom stereocenters. The van der Waals surface area contributed by atoms with Gasteiger partial charge in [0, 0.05) is 6.04 Å². The largest absolute Gasteiger partial charge is 0.330 e. The second kappa shape index (κ2) is 6.75. The summed E-state index contributed by atoms with van der Waals surface area (Å²) in [6.07, 6.45) is 11.5. The lowest BCUT2D eigenvalue weighted by Crippen LogP contribution is -2.47. The maximum Gasteiger partial charge on any atom is 0.0123 e. The normalized spacial score (nSPS) is 32.1. The summed E-state index contributed by atoms with van der Waals surface area (Å²) in [6, 6.07) is 0.936. The van der Waals surface area contributed by atoms with E-state index in [0.29, 0.717) is 5.92 Å². The van der Waals surface area contributed by atoms with Gasteiger partial charge in [-0.05, 0) is 70.0 Å². The Bertz CT molecular complexity index is 215. The highest BCUT2D eigenvalue weighted by atomic mass is 15.2. The van der Waals surface area contributed by atoms with Crippen molar-refractivity contribution < 1.29 is 0 Å². The SMILES string of the molecule is CC(CN)CCCN1CCC[C@H]2CCCC[C@H]21. The molecule has 1 heterocycles. The first kappa shape index (κ1) is 13.4. The molecule has 0 aromatic rings. The Balaban J connectivity index is 1.74. The van der Waals surface area contributed by atoms with E-state index in [9.17, 15) is 0 Å². The van der Waals surface area contributed by atoms with Crippen molar-refractivity contribution in [3.05, 3.63) is 0 Å². The number of hydrogen-bond acceptors (Lipinski definition) is 2. The van der Waals surface area contributed by atoms with E-state index >= 15 is 0 Å². The Morgan fingerprint density at radius 1 is 1.18 bits per heavy atom. The lowest BCUT2D eigenvalue weighted by Gasteiger charge is -2.44. The number of rotatable bonds is 5. The molecule has 1 aliphatic heterocycles. The molecule has 17 heavy (non-hydrogen) atoms. The molecule has 0 radical (unpaired) electrons. The molecule has 2 rings (SSSR count). The van der Waals surface area contributed by atoms with Crippen molar-refractivity contribution in [3.63, 3.8) is 0 Å². The molecule has 2 fully saturated rings. The quantitative estimate of drug-likeness (QED) is 0.798. The van der Waals surface area contributed by atoms with Crippen molar-refractivity contribution in [1.29, 1.82) is 0 Å². The molecule has 0 aromatic carbocycles. The zero-order valence-electron chi connectivity index (χ0n) is 11.5. The van der Waals surface area contributed by atoms with Crippen LogP contribution in [0.25, 0.3) is 0 Å². The summed E-state index contributed by atoms with van der Waals surface area (Å²) < 4.78 is 0. The smallest absolute Gasteiger partial charge is 0.0123 e. The molecular weight excluding hydrogens is 208 g/mol. The fourth-order valence-electron chi connectivity index (χ4n) is 3.77. The van der Waals surface area contributed by atoms with Crippen LogP contribution in [0, 0.1) is 11.8 Å². The molecule has 2 nitrogen and oxygen atoms in total. The van der Waals surface area contributed by atoms with Crippen molar-refractivity contribution in [2.75, 3.05) is 19.6 Å². The van der Waals surface area contributed by atoms with Crippen molar-refractivity contribution in [1.82, 2.24) is 4.90 Å². The summed E-state index contributed by atoms with van der Waals surface area (Å²) >= 11 is 0. The summed E-state index contributed by atoms with van der Waals surface area (Å²) in [5.74, 6) is 1.74. The summed E-state index contributed by atoms with van der Waals surface area (Å²) in [7, 11) is 0. The number of fused-ring (bicyclic) bond motifs is 1. The average molecular weight is 238 g/mol. The first-order valence-electron chi connectivity index (χ1n) is 7.75. The van der Waals surface area contributed by atoms with Crippen molar-refractivity contribution in [2.24, 2.45) is 17.6 Å². The van der Waals surface area contributed by atoms with Crippen molar-refractivity contribution in [2.45, 2.75) is 64.3 Å². The minimum Gasteiger partial charge on any atom is -0.330 e. The molecular formula is C15H30N2. The molecule has 1 unspecified atom stereocenters. The zero-order chi connectivity index (χ0) is 12.1. The highest BCUT2D eigenvalue weighted by Gasteiger charge is 2.32. The number of likely N-dealkylation sites (tertiary alicyclic amines) is 1. The molecule has 2 heteroatoms. The summed E-state index contributed by atoms with van der Waals surface area (Å²) in [5, 5.41) is 0. The third-order valence-electron chi connectivity index (χ3n) is 4.90. The topological polar surface area (TPSA) is 29.3 Å². The molecule has 0 aromatic heterocycles. The number of hydrogen-bond donors (Lipinski definition) is 1. The lowest BCUT2D eigenvalue weighted by molar-refractivity contribution is 0.0589. The van der Waals surface area contributed by atoms with Crippen LogP contribution in [-0.2, 0) is 0 Å². The van der Waals surface area contributed by atoms with E-state index in [2.05, 4.69) is 11.8 Å². The second-order valence-corrected chi connectivity index (χ2v) is 6.27. The maximum absolute atomic E-state index is 5.68. The van der Waals surface area contributed by atoms with Crippen LogP contribution in [-0.4, -0.2) is 30.6 Å². The Morgan fingerprint density at radius 2 is 1.94 bits per heavy atom. The Morgan fingerprint density at radius 3 is 2.76 bits per heavy atom.